The third-order valence-electron chi connectivity index (χ3n) is 3.80. The van der Waals surface area contributed by atoms with Gasteiger partial charge in [-0.1, -0.05) is 11.6 Å². The van der Waals surface area contributed by atoms with E-state index < -0.39 is 0 Å². The second-order valence-corrected chi connectivity index (χ2v) is 5.86. The molecule has 2 heterocycles. The molecule has 0 fully saturated rings. The lowest BCUT2D eigenvalue weighted by Crippen LogP contribution is -2.08. The number of halogens is 1. The van der Waals surface area contributed by atoms with E-state index in [1.807, 2.05) is 0 Å². The molecule has 0 aliphatic heterocycles. The van der Waals surface area contributed by atoms with Crippen LogP contribution in [0.25, 0.3) is 21.5 Å². The number of H-pyrrole nitrogens is 2. The first kappa shape index (κ1) is 18.4. The molecule has 4 aromatic rings. The second-order valence-electron chi connectivity index (χ2n) is 5.42. The van der Waals surface area contributed by atoms with Crippen LogP contribution in [0.2, 0.25) is 5.02 Å². The summed E-state index contributed by atoms with van der Waals surface area (Å²) in [5.41, 5.74) is -0.450. The topological polar surface area (TPSA) is 110 Å². The number of aromatic nitrogens is 4. The Kier molecular flexibility index (Phi) is 5.37. The van der Waals surface area contributed by atoms with Crippen LogP contribution in [0.15, 0.2) is 52.3 Å². The van der Waals surface area contributed by atoms with E-state index in [9.17, 15) is 9.59 Å². The summed E-state index contributed by atoms with van der Waals surface area (Å²) in [5, 5.41) is 15.2. The molecule has 0 aliphatic carbocycles. The number of hydrogen-bond acceptors (Lipinski definition) is 6. The summed E-state index contributed by atoms with van der Waals surface area (Å²) in [4.78, 5) is 22.6. The lowest BCUT2D eigenvalue weighted by molar-refractivity contribution is 0.398. The van der Waals surface area contributed by atoms with E-state index in [0.29, 0.717) is 32.7 Å². The van der Waals surface area contributed by atoms with Crippen molar-refractivity contribution in [2.45, 2.75) is 0 Å². The molecule has 0 amide bonds. The van der Waals surface area contributed by atoms with E-state index in [1.54, 1.807) is 42.7 Å². The van der Waals surface area contributed by atoms with E-state index in [2.05, 4.69) is 20.4 Å². The fraction of sp³-hybridized carbons (Fsp3) is 0.111. The van der Waals surface area contributed by atoms with E-state index >= 15 is 0 Å². The maximum atomic E-state index is 11.5. The van der Waals surface area contributed by atoms with Gasteiger partial charge in [0.1, 0.15) is 11.5 Å². The van der Waals surface area contributed by atoms with Crippen molar-refractivity contribution in [1.29, 1.82) is 0 Å². The lowest BCUT2D eigenvalue weighted by Gasteiger charge is -2.06. The molecule has 2 N–H and O–H groups in total. The molecule has 0 saturated heterocycles. The minimum atomic E-state index is -0.260. The molecule has 0 bridgehead atoms. The van der Waals surface area contributed by atoms with Gasteiger partial charge >= 0.3 is 0 Å². The van der Waals surface area contributed by atoms with Crippen molar-refractivity contribution >= 4 is 33.1 Å². The van der Waals surface area contributed by atoms with Gasteiger partial charge in [0.25, 0.3) is 11.1 Å². The van der Waals surface area contributed by atoms with Crippen molar-refractivity contribution in [2.75, 3.05) is 14.2 Å². The van der Waals surface area contributed by atoms with Gasteiger partial charge in [-0.05, 0) is 24.3 Å². The summed E-state index contributed by atoms with van der Waals surface area (Å²) in [7, 11) is 3.07. The Morgan fingerprint density at radius 2 is 1.56 bits per heavy atom. The van der Waals surface area contributed by atoms with Gasteiger partial charge in [-0.2, -0.15) is 10.2 Å². The number of aromatic amines is 2. The number of ether oxygens (including phenoxy) is 2. The number of methoxy groups -OCH3 is 2. The van der Waals surface area contributed by atoms with Crippen LogP contribution in [0.1, 0.15) is 0 Å². The molecule has 0 spiro atoms. The zero-order chi connectivity index (χ0) is 19.4. The molecule has 0 radical (unpaired) electrons. The second kappa shape index (κ2) is 7.88. The molecule has 9 heteroatoms. The fourth-order valence-corrected chi connectivity index (χ4v) is 2.67. The number of hydrogen-bond donors (Lipinski definition) is 2. The Balaban J connectivity index is 0.000000159. The van der Waals surface area contributed by atoms with Gasteiger partial charge in [0, 0.05) is 21.9 Å². The van der Waals surface area contributed by atoms with E-state index in [1.165, 1.54) is 14.2 Å². The Morgan fingerprint density at radius 1 is 0.852 bits per heavy atom. The van der Waals surface area contributed by atoms with E-state index in [4.69, 9.17) is 21.1 Å². The maximum absolute atomic E-state index is 11.5. The summed E-state index contributed by atoms with van der Waals surface area (Å²) in [6.45, 7) is 0. The molecule has 8 nitrogen and oxygen atoms in total. The van der Waals surface area contributed by atoms with Crippen LogP contribution in [-0.2, 0) is 0 Å². The van der Waals surface area contributed by atoms with Gasteiger partial charge in [0.15, 0.2) is 0 Å². The van der Waals surface area contributed by atoms with Crippen LogP contribution in [0.4, 0.5) is 0 Å². The van der Waals surface area contributed by atoms with Gasteiger partial charge in [-0.15, -0.1) is 0 Å². The summed E-state index contributed by atoms with van der Waals surface area (Å²) in [6, 6.07) is 8.43. The Hall–Kier alpha value is -3.39. The van der Waals surface area contributed by atoms with Crippen molar-refractivity contribution in [3.63, 3.8) is 0 Å². The molecule has 138 valence electrons. The third kappa shape index (κ3) is 3.90. The Labute approximate surface area is 157 Å². The maximum Gasteiger partial charge on any atom is 0.272 e. The number of fused-ring (bicyclic) bond motifs is 2. The Morgan fingerprint density at radius 3 is 2.26 bits per heavy atom. The summed E-state index contributed by atoms with van der Waals surface area (Å²) < 4.78 is 10.2. The quantitative estimate of drug-likeness (QED) is 0.547. The monoisotopic (exact) mass is 386 g/mol. The molecular formula is C18H15ClN4O4. The first-order chi connectivity index (χ1) is 13.0. The fourth-order valence-electron chi connectivity index (χ4n) is 2.49. The zero-order valence-electron chi connectivity index (χ0n) is 14.4. The van der Waals surface area contributed by atoms with Gasteiger partial charge < -0.3 is 9.47 Å². The van der Waals surface area contributed by atoms with Crippen molar-refractivity contribution in [3.05, 3.63) is 68.5 Å². The highest BCUT2D eigenvalue weighted by Crippen LogP contribution is 2.28. The average Bonchev–Trinajstić information content (AvgIpc) is 2.68. The van der Waals surface area contributed by atoms with Gasteiger partial charge in [-0.25, -0.2) is 10.2 Å². The van der Waals surface area contributed by atoms with Crippen LogP contribution in [0.3, 0.4) is 0 Å². The van der Waals surface area contributed by atoms with Gasteiger partial charge in [-0.3, -0.25) is 9.59 Å². The number of nitrogens with one attached hydrogen (secondary N) is 2. The largest absolute Gasteiger partial charge is 0.497 e. The van der Waals surface area contributed by atoms with Crippen molar-refractivity contribution in [1.82, 2.24) is 20.4 Å². The third-order valence-corrected chi connectivity index (χ3v) is 4.04. The number of benzene rings is 2. The first-order valence-electron chi connectivity index (χ1n) is 7.76. The van der Waals surface area contributed by atoms with E-state index in [-0.39, 0.29) is 11.1 Å². The molecule has 0 atom stereocenters. The van der Waals surface area contributed by atoms with Crippen molar-refractivity contribution in [3.8, 4) is 11.5 Å². The predicted octanol–water partition coefficient (Wildman–Crippen LogP) is 2.52. The SMILES string of the molecule is COc1cc(OC)c2cn[nH]c(=O)c2c1.O=c1[nH]ncc2cc(Cl)ccc12. The number of rotatable bonds is 2. The molecule has 0 unspecified atom stereocenters. The van der Waals surface area contributed by atoms with Gasteiger partial charge in [0.05, 0.1) is 37.4 Å². The normalized spacial score (nSPS) is 10.3. The molecule has 27 heavy (non-hydrogen) atoms. The van der Waals surface area contributed by atoms with Crippen LogP contribution < -0.4 is 20.6 Å². The summed E-state index contributed by atoms with van der Waals surface area (Å²) >= 11 is 5.73. The van der Waals surface area contributed by atoms with Gasteiger partial charge in [0.2, 0.25) is 0 Å². The van der Waals surface area contributed by atoms with Crippen LogP contribution >= 0.6 is 11.6 Å². The molecule has 4 rings (SSSR count). The van der Waals surface area contributed by atoms with E-state index in [0.717, 1.165) is 5.39 Å². The molecule has 2 aromatic heterocycles. The molecular weight excluding hydrogens is 372 g/mol. The zero-order valence-corrected chi connectivity index (χ0v) is 15.2. The van der Waals surface area contributed by atoms with Crippen molar-refractivity contribution < 1.29 is 9.47 Å². The predicted molar refractivity (Wildman–Crippen MR) is 103 cm³/mol. The summed E-state index contributed by atoms with van der Waals surface area (Å²) in [6.07, 6.45) is 3.12. The van der Waals surface area contributed by atoms with Crippen LogP contribution in [-0.4, -0.2) is 34.6 Å². The minimum absolute atomic E-state index is 0.191. The smallest absolute Gasteiger partial charge is 0.272 e. The standard InChI is InChI=1S/C10H10N2O3.C8H5ClN2O/c1-14-6-3-7-8(9(4-6)15-2)5-11-12-10(7)13;9-6-1-2-7-5(3-6)4-10-11-8(7)12/h3-5H,1-2H3,(H,12,13);1-4H,(H,11,12). The average molecular weight is 387 g/mol. The Bertz CT molecular complexity index is 1220. The first-order valence-corrected chi connectivity index (χ1v) is 8.13. The molecule has 0 aliphatic rings. The van der Waals surface area contributed by atoms with Crippen LogP contribution in [0, 0.1) is 0 Å². The number of nitrogens with zero attached hydrogens (tertiary/aromatic N) is 2. The lowest BCUT2D eigenvalue weighted by atomic mass is 10.2. The minimum Gasteiger partial charge on any atom is -0.497 e. The highest BCUT2D eigenvalue weighted by atomic mass is 35.5. The summed E-state index contributed by atoms with van der Waals surface area (Å²) in [5.74, 6) is 1.15. The van der Waals surface area contributed by atoms with Crippen molar-refractivity contribution in [2.24, 2.45) is 0 Å². The molecule has 0 saturated carbocycles. The van der Waals surface area contributed by atoms with Crippen LogP contribution in [0.5, 0.6) is 11.5 Å². The highest BCUT2D eigenvalue weighted by Gasteiger charge is 2.07. The molecule has 2 aromatic carbocycles. The highest BCUT2D eigenvalue weighted by molar-refractivity contribution is 6.31.